The second kappa shape index (κ2) is 14.8. The van der Waals surface area contributed by atoms with Crippen molar-refractivity contribution in [3.05, 3.63) is 0 Å². The van der Waals surface area contributed by atoms with Crippen LogP contribution in [-0.2, 0) is 28.8 Å². The number of aliphatic hydroxyl groups is 2. The maximum atomic E-state index is 10.0. The number of rotatable bonds is 9. The van der Waals surface area contributed by atoms with Crippen LogP contribution in [0.2, 0.25) is 0 Å². The van der Waals surface area contributed by atoms with Crippen LogP contribution in [0.25, 0.3) is 0 Å². The molecular weight excluding hydrogens is 392 g/mol. The molecule has 0 radical (unpaired) electrons. The largest absolute Gasteiger partial charge is 0.547 e. The minimum Gasteiger partial charge on any atom is -0.547 e. The van der Waals surface area contributed by atoms with Gasteiger partial charge < -0.3 is 63.2 Å². The van der Waals surface area contributed by atoms with E-state index < -0.39 is 60.0 Å². The molecule has 0 aliphatic carbocycles. The lowest BCUT2D eigenvalue weighted by Crippen LogP contribution is -2.65. The first kappa shape index (κ1) is 29.4. The SMILES string of the molecule is NC(=O)C[C@H]([NH3+])C(=O)O.NC(=O)C[C@H]([NH3+])C(=O)O.O=C([O-])[C@H](O)[C@@H](O)C(=O)[O-]. The van der Waals surface area contributed by atoms with Crippen LogP contribution in [-0.4, -0.2) is 80.4 Å². The number of carbonyl (C=O) groups excluding carboxylic acids is 4. The Kier molecular flexibility index (Phi) is 15.5. The molecule has 28 heavy (non-hydrogen) atoms. The summed E-state index contributed by atoms with van der Waals surface area (Å²) in [4.78, 5) is 59.3. The van der Waals surface area contributed by atoms with E-state index in [-0.39, 0.29) is 12.8 Å². The van der Waals surface area contributed by atoms with Crippen LogP contribution in [0, 0.1) is 0 Å². The Morgan fingerprint density at radius 2 is 0.929 bits per heavy atom. The third-order valence-corrected chi connectivity index (χ3v) is 2.38. The van der Waals surface area contributed by atoms with E-state index in [1.54, 1.807) is 0 Å². The number of hydrogen-bond donors (Lipinski definition) is 8. The molecule has 16 heteroatoms. The summed E-state index contributed by atoms with van der Waals surface area (Å²) in [5, 5.41) is 52.1. The van der Waals surface area contributed by atoms with E-state index in [1.165, 1.54) is 0 Å². The summed E-state index contributed by atoms with van der Waals surface area (Å²) in [6, 6.07) is -1.83. The first-order valence-corrected chi connectivity index (χ1v) is 7.00. The first-order chi connectivity index (χ1) is 12.5. The number of primary amides is 2. The van der Waals surface area contributed by atoms with Gasteiger partial charge in [0, 0.05) is 0 Å². The van der Waals surface area contributed by atoms with Gasteiger partial charge in [0.2, 0.25) is 11.8 Å². The zero-order chi connectivity index (χ0) is 23.2. The number of nitrogens with two attached hydrogens (primary N) is 2. The molecule has 0 saturated carbocycles. The van der Waals surface area contributed by atoms with Gasteiger partial charge in [0.25, 0.3) is 0 Å². The van der Waals surface area contributed by atoms with Crippen molar-refractivity contribution in [3.63, 3.8) is 0 Å². The van der Waals surface area contributed by atoms with Gasteiger partial charge in [-0.1, -0.05) is 0 Å². The number of carboxylic acids is 4. The van der Waals surface area contributed by atoms with Crippen molar-refractivity contribution in [2.45, 2.75) is 37.1 Å². The highest BCUT2D eigenvalue weighted by atomic mass is 16.4. The van der Waals surface area contributed by atoms with Gasteiger partial charge in [-0.2, -0.15) is 0 Å². The molecule has 0 saturated heterocycles. The number of hydrogen-bond acceptors (Lipinski definition) is 10. The Morgan fingerprint density at radius 3 is 1.00 bits per heavy atom. The van der Waals surface area contributed by atoms with Crippen LogP contribution in [0.1, 0.15) is 12.8 Å². The van der Waals surface area contributed by atoms with Gasteiger partial charge in [0.1, 0.15) is 12.2 Å². The zero-order valence-corrected chi connectivity index (χ0v) is 14.3. The number of amides is 2. The van der Waals surface area contributed by atoms with Crippen LogP contribution < -0.4 is 33.1 Å². The molecule has 0 spiro atoms. The van der Waals surface area contributed by atoms with E-state index in [1.807, 2.05) is 0 Å². The van der Waals surface area contributed by atoms with E-state index in [0.717, 1.165) is 0 Å². The number of carboxylic acid groups (broad SMARTS) is 4. The second-order valence-corrected chi connectivity index (χ2v) is 4.94. The molecule has 0 rings (SSSR count). The van der Waals surface area contributed by atoms with Crippen molar-refractivity contribution in [3.8, 4) is 0 Å². The quantitative estimate of drug-likeness (QED) is 0.174. The molecule has 0 aromatic carbocycles. The maximum absolute atomic E-state index is 10.0. The predicted molar refractivity (Wildman–Crippen MR) is 78.3 cm³/mol. The van der Waals surface area contributed by atoms with E-state index in [4.69, 9.17) is 20.4 Å². The highest BCUT2D eigenvalue weighted by Crippen LogP contribution is 1.89. The Labute approximate surface area is 156 Å². The van der Waals surface area contributed by atoms with Gasteiger partial charge in [0.15, 0.2) is 12.1 Å². The van der Waals surface area contributed by atoms with Crippen LogP contribution >= 0.6 is 0 Å². The Bertz CT molecular complexity index is 531. The monoisotopic (exact) mass is 414 g/mol. The lowest BCUT2D eigenvalue weighted by Gasteiger charge is -2.18. The average molecular weight is 414 g/mol. The number of carbonyl (C=O) groups is 6. The van der Waals surface area contributed by atoms with E-state index in [2.05, 4.69) is 22.9 Å². The molecule has 0 aromatic heterocycles. The number of aliphatic hydroxyl groups excluding tert-OH is 2. The van der Waals surface area contributed by atoms with Crippen molar-refractivity contribution in [2.24, 2.45) is 11.5 Å². The Balaban J connectivity index is -0.000000336. The van der Waals surface area contributed by atoms with Crippen molar-refractivity contribution in [1.29, 1.82) is 0 Å². The van der Waals surface area contributed by atoms with Crippen molar-refractivity contribution >= 4 is 35.7 Å². The van der Waals surface area contributed by atoms with Crippen LogP contribution in [0.5, 0.6) is 0 Å². The normalized spacial score (nSPS) is 13.7. The smallest absolute Gasteiger partial charge is 0.362 e. The predicted octanol–water partition coefficient (Wildman–Crippen LogP) is -9.68. The number of quaternary nitrogens is 2. The van der Waals surface area contributed by atoms with Gasteiger partial charge in [-0.3, -0.25) is 9.59 Å². The van der Waals surface area contributed by atoms with Crippen molar-refractivity contribution in [1.82, 2.24) is 0 Å². The lowest BCUT2D eigenvalue weighted by molar-refractivity contribution is -0.406. The van der Waals surface area contributed by atoms with Crippen LogP contribution in [0.4, 0.5) is 0 Å². The van der Waals surface area contributed by atoms with Crippen LogP contribution in [0.15, 0.2) is 0 Å². The molecule has 0 bridgehead atoms. The van der Waals surface area contributed by atoms with Gasteiger partial charge >= 0.3 is 11.9 Å². The van der Waals surface area contributed by atoms with E-state index in [9.17, 15) is 39.0 Å². The molecule has 0 heterocycles. The molecule has 4 atom stereocenters. The molecule has 2 amide bonds. The minimum atomic E-state index is -2.44. The fourth-order valence-corrected chi connectivity index (χ4v) is 0.918. The molecule has 0 aliphatic rings. The minimum absolute atomic E-state index is 0.199. The highest BCUT2D eigenvalue weighted by molar-refractivity contribution is 5.82. The number of aliphatic carboxylic acids is 4. The molecule has 14 N–H and O–H groups in total. The van der Waals surface area contributed by atoms with Crippen molar-refractivity contribution in [2.75, 3.05) is 0 Å². The molecule has 0 aromatic rings. The molecule has 0 unspecified atom stereocenters. The van der Waals surface area contributed by atoms with Gasteiger partial charge in [-0.25, -0.2) is 9.59 Å². The summed E-state index contributed by atoms with van der Waals surface area (Å²) in [6.45, 7) is 0. The fraction of sp³-hybridized carbons (Fsp3) is 0.500. The van der Waals surface area contributed by atoms with Crippen LogP contribution in [0.3, 0.4) is 0 Å². The summed E-state index contributed by atoms with van der Waals surface area (Å²) >= 11 is 0. The average Bonchev–Trinajstić information content (AvgIpc) is 2.52. The third kappa shape index (κ3) is 17.5. The summed E-state index contributed by atoms with van der Waals surface area (Å²) < 4.78 is 0. The summed E-state index contributed by atoms with van der Waals surface area (Å²) in [7, 11) is 0. The molecular formula is C12H22N4O12. The van der Waals surface area contributed by atoms with E-state index in [0.29, 0.717) is 0 Å². The molecule has 0 aliphatic heterocycles. The summed E-state index contributed by atoms with van der Waals surface area (Å²) in [5.41, 5.74) is 15.7. The zero-order valence-electron chi connectivity index (χ0n) is 14.3. The Hall–Kier alpha value is -3.34. The highest BCUT2D eigenvalue weighted by Gasteiger charge is 2.18. The fourth-order valence-electron chi connectivity index (χ4n) is 0.918. The molecule has 16 nitrogen and oxygen atoms in total. The van der Waals surface area contributed by atoms with Gasteiger partial charge in [0.05, 0.1) is 24.8 Å². The first-order valence-electron chi connectivity index (χ1n) is 7.00. The lowest BCUT2D eigenvalue weighted by atomic mass is 10.2. The molecule has 0 fully saturated rings. The Morgan fingerprint density at radius 1 is 0.714 bits per heavy atom. The van der Waals surface area contributed by atoms with Gasteiger partial charge in [-0.05, 0) is 0 Å². The summed E-state index contributed by atoms with van der Waals surface area (Å²) in [5.74, 6) is -7.61. The topological polar surface area (TPSA) is 337 Å². The maximum Gasteiger partial charge on any atom is 0.362 e. The second-order valence-electron chi connectivity index (χ2n) is 4.94. The summed E-state index contributed by atoms with van der Waals surface area (Å²) in [6.07, 6.45) is -5.28. The van der Waals surface area contributed by atoms with Crippen molar-refractivity contribution < 1.29 is 70.9 Å². The molecule has 162 valence electrons. The van der Waals surface area contributed by atoms with E-state index >= 15 is 0 Å². The third-order valence-electron chi connectivity index (χ3n) is 2.38. The van der Waals surface area contributed by atoms with Gasteiger partial charge in [-0.15, -0.1) is 0 Å². The standard InChI is InChI=1S/2C4H8N2O3.C4H6O6/c2*5-2(4(8)9)1-3(6)7;5-1(3(7)8)2(6)4(9)10/h2*2H,1,5H2,(H2,6,7)(H,8,9);1-2,5-6H,(H,7,8)(H,9,10)/t2*2-;1-,2-/m001/s1.